The van der Waals surface area contributed by atoms with E-state index in [9.17, 15) is 19.2 Å². The molecular formula is C17H20N2O5. The zero-order chi connectivity index (χ0) is 17.7. The summed E-state index contributed by atoms with van der Waals surface area (Å²) in [5, 5.41) is 2.52. The lowest BCUT2D eigenvalue weighted by atomic mass is 10.0. The molecule has 0 spiro atoms. The molecule has 0 saturated carbocycles. The molecule has 0 aromatic heterocycles. The van der Waals surface area contributed by atoms with Crippen LogP contribution in [-0.4, -0.2) is 48.2 Å². The van der Waals surface area contributed by atoms with Gasteiger partial charge in [0.05, 0.1) is 17.9 Å². The number of amides is 2. The van der Waals surface area contributed by atoms with Gasteiger partial charge in [-0.1, -0.05) is 0 Å². The number of Topliss-reactive ketones (excluding diaryl/α,β-unsaturated/α-hetero) is 1. The van der Waals surface area contributed by atoms with E-state index in [0.717, 1.165) is 12.8 Å². The second-order valence-electron chi connectivity index (χ2n) is 5.49. The van der Waals surface area contributed by atoms with Crippen LogP contribution in [0.25, 0.3) is 0 Å². The average molecular weight is 332 g/mol. The standard InChI is InChI=1S/C17H20N2O5/c1-3-24-17(23)13-10-12(6-7-14(13)18-11(2)20)15(21)16(22)19-8-4-5-9-19/h6-7,10H,3-5,8-9H2,1-2H3,(H,18,20). The van der Waals surface area contributed by atoms with Crippen molar-refractivity contribution in [1.82, 2.24) is 4.90 Å². The Bertz CT molecular complexity index is 678. The Labute approximate surface area is 140 Å². The van der Waals surface area contributed by atoms with Crippen LogP contribution in [0.4, 0.5) is 5.69 Å². The molecule has 1 heterocycles. The molecule has 0 radical (unpaired) electrons. The Morgan fingerprint density at radius 3 is 2.42 bits per heavy atom. The lowest BCUT2D eigenvalue weighted by Crippen LogP contribution is -2.34. The van der Waals surface area contributed by atoms with Gasteiger partial charge in [0.15, 0.2) is 0 Å². The summed E-state index contributed by atoms with van der Waals surface area (Å²) in [6.45, 7) is 4.26. The molecule has 24 heavy (non-hydrogen) atoms. The predicted molar refractivity (Wildman–Crippen MR) is 86.8 cm³/mol. The number of hydrogen-bond acceptors (Lipinski definition) is 5. The summed E-state index contributed by atoms with van der Waals surface area (Å²) >= 11 is 0. The number of benzene rings is 1. The molecule has 1 aromatic carbocycles. The summed E-state index contributed by atoms with van der Waals surface area (Å²) in [5.41, 5.74) is 0.391. The molecule has 1 fully saturated rings. The molecule has 0 aliphatic carbocycles. The number of anilines is 1. The SMILES string of the molecule is CCOC(=O)c1cc(C(=O)C(=O)N2CCCC2)ccc1NC(C)=O. The van der Waals surface area contributed by atoms with Crippen LogP contribution >= 0.6 is 0 Å². The average Bonchev–Trinajstić information content (AvgIpc) is 3.08. The van der Waals surface area contributed by atoms with Crippen LogP contribution in [0.1, 0.15) is 47.4 Å². The van der Waals surface area contributed by atoms with E-state index in [1.807, 2.05) is 0 Å². The maximum atomic E-state index is 12.4. The van der Waals surface area contributed by atoms with Crippen molar-refractivity contribution in [3.05, 3.63) is 29.3 Å². The van der Waals surface area contributed by atoms with E-state index in [1.54, 1.807) is 6.92 Å². The molecule has 0 bridgehead atoms. The number of hydrogen-bond donors (Lipinski definition) is 1. The maximum Gasteiger partial charge on any atom is 0.340 e. The Balaban J connectivity index is 2.31. The van der Waals surface area contributed by atoms with Crippen molar-refractivity contribution < 1.29 is 23.9 Å². The third kappa shape index (κ3) is 3.98. The van der Waals surface area contributed by atoms with Gasteiger partial charge in [0.1, 0.15) is 0 Å². The molecule has 128 valence electrons. The van der Waals surface area contributed by atoms with Crippen LogP contribution < -0.4 is 5.32 Å². The van der Waals surface area contributed by atoms with Gasteiger partial charge < -0.3 is 15.0 Å². The quantitative estimate of drug-likeness (QED) is 0.502. The lowest BCUT2D eigenvalue weighted by Gasteiger charge is -2.15. The molecule has 0 atom stereocenters. The number of esters is 1. The van der Waals surface area contributed by atoms with E-state index in [4.69, 9.17) is 4.74 Å². The highest BCUT2D eigenvalue weighted by Crippen LogP contribution is 2.20. The van der Waals surface area contributed by atoms with Crippen molar-refractivity contribution in [3.8, 4) is 0 Å². The normalized spacial score (nSPS) is 13.5. The molecule has 1 aliphatic rings. The molecule has 7 nitrogen and oxygen atoms in total. The molecular weight excluding hydrogens is 312 g/mol. The Morgan fingerprint density at radius 1 is 1.17 bits per heavy atom. The number of ketones is 1. The van der Waals surface area contributed by atoms with Crippen LogP contribution in [0.3, 0.4) is 0 Å². The minimum absolute atomic E-state index is 0.0483. The zero-order valence-corrected chi connectivity index (χ0v) is 13.8. The Hall–Kier alpha value is -2.70. The first-order valence-corrected chi connectivity index (χ1v) is 7.86. The first kappa shape index (κ1) is 17.7. The van der Waals surface area contributed by atoms with Crippen molar-refractivity contribution in [2.45, 2.75) is 26.7 Å². The van der Waals surface area contributed by atoms with Crippen molar-refractivity contribution in [2.75, 3.05) is 25.0 Å². The monoisotopic (exact) mass is 332 g/mol. The fourth-order valence-corrected chi connectivity index (χ4v) is 2.55. The maximum absolute atomic E-state index is 12.4. The van der Waals surface area contributed by atoms with E-state index in [1.165, 1.54) is 30.0 Å². The Kier molecular flexibility index (Phi) is 5.68. The summed E-state index contributed by atoms with van der Waals surface area (Å²) in [7, 11) is 0. The number of ether oxygens (including phenoxy) is 1. The van der Waals surface area contributed by atoms with Gasteiger partial charge >= 0.3 is 5.97 Å². The first-order chi connectivity index (χ1) is 11.4. The van der Waals surface area contributed by atoms with Gasteiger partial charge in [-0.15, -0.1) is 0 Å². The van der Waals surface area contributed by atoms with Crippen LogP contribution in [0.5, 0.6) is 0 Å². The summed E-state index contributed by atoms with van der Waals surface area (Å²) < 4.78 is 4.95. The van der Waals surface area contributed by atoms with Gasteiger partial charge in [0, 0.05) is 25.6 Å². The zero-order valence-electron chi connectivity index (χ0n) is 13.8. The Morgan fingerprint density at radius 2 is 1.83 bits per heavy atom. The summed E-state index contributed by atoms with van der Waals surface area (Å²) in [5.74, 6) is -2.26. The first-order valence-electron chi connectivity index (χ1n) is 7.86. The molecule has 1 saturated heterocycles. The molecule has 0 unspecified atom stereocenters. The van der Waals surface area contributed by atoms with E-state index < -0.39 is 17.7 Å². The molecule has 2 amide bonds. The largest absolute Gasteiger partial charge is 0.462 e. The third-order valence-electron chi connectivity index (χ3n) is 3.68. The van der Waals surface area contributed by atoms with E-state index in [0.29, 0.717) is 13.1 Å². The fourth-order valence-electron chi connectivity index (χ4n) is 2.55. The topological polar surface area (TPSA) is 92.8 Å². The predicted octanol–water partition coefficient (Wildman–Crippen LogP) is 1.63. The number of nitrogens with one attached hydrogen (secondary N) is 1. The van der Waals surface area contributed by atoms with Gasteiger partial charge in [-0.25, -0.2) is 4.79 Å². The summed E-state index contributed by atoms with van der Waals surface area (Å²) in [6.07, 6.45) is 1.77. The van der Waals surface area contributed by atoms with Crippen LogP contribution in [-0.2, 0) is 14.3 Å². The van der Waals surface area contributed by atoms with Crippen molar-refractivity contribution in [1.29, 1.82) is 0 Å². The third-order valence-corrected chi connectivity index (χ3v) is 3.68. The van der Waals surface area contributed by atoms with Gasteiger partial charge in [-0.3, -0.25) is 14.4 Å². The minimum atomic E-state index is -0.670. The highest BCUT2D eigenvalue weighted by Gasteiger charge is 2.27. The lowest BCUT2D eigenvalue weighted by molar-refractivity contribution is -0.125. The van der Waals surface area contributed by atoms with Crippen molar-refractivity contribution in [2.24, 2.45) is 0 Å². The van der Waals surface area contributed by atoms with Gasteiger partial charge in [0.25, 0.3) is 5.91 Å². The van der Waals surface area contributed by atoms with E-state index in [-0.39, 0.29) is 29.3 Å². The van der Waals surface area contributed by atoms with Gasteiger partial charge in [-0.2, -0.15) is 0 Å². The molecule has 1 aliphatic heterocycles. The smallest absolute Gasteiger partial charge is 0.340 e. The summed E-state index contributed by atoms with van der Waals surface area (Å²) in [4.78, 5) is 49.4. The fraction of sp³-hybridized carbons (Fsp3) is 0.412. The second-order valence-corrected chi connectivity index (χ2v) is 5.49. The van der Waals surface area contributed by atoms with E-state index in [2.05, 4.69) is 5.32 Å². The highest BCUT2D eigenvalue weighted by molar-refractivity contribution is 6.43. The highest BCUT2D eigenvalue weighted by atomic mass is 16.5. The number of nitrogens with zero attached hydrogens (tertiary/aromatic N) is 1. The minimum Gasteiger partial charge on any atom is -0.462 e. The van der Waals surface area contributed by atoms with Crippen molar-refractivity contribution >= 4 is 29.3 Å². The van der Waals surface area contributed by atoms with Crippen LogP contribution in [0.2, 0.25) is 0 Å². The summed E-state index contributed by atoms with van der Waals surface area (Å²) in [6, 6.07) is 4.14. The molecule has 1 aromatic rings. The molecule has 7 heteroatoms. The number of carbonyl (C=O) groups is 4. The number of likely N-dealkylation sites (tertiary alicyclic amines) is 1. The number of carbonyl (C=O) groups excluding carboxylic acids is 4. The van der Waals surface area contributed by atoms with Gasteiger partial charge in [-0.05, 0) is 38.0 Å². The van der Waals surface area contributed by atoms with Gasteiger partial charge in [0.2, 0.25) is 11.7 Å². The number of rotatable bonds is 5. The van der Waals surface area contributed by atoms with Crippen LogP contribution in [0.15, 0.2) is 18.2 Å². The second kappa shape index (κ2) is 7.72. The van der Waals surface area contributed by atoms with Crippen molar-refractivity contribution in [3.63, 3.8) is 0 Å². The van der Waals surface area contributed by atoms with Crippen LogP contribution in [0, 0.1) is 0 Å². The molecule has 2 rings (SSSR count). The van der Waals surface area contributed by atoms with E-state index >= 15 is 0 Å². The molecule has 1 N–H and O–H groups in total.